The molecule has 0 unspecified atom stereocenters. The fourth-order valence-electron chi connectivity index (χ4n) is 3.39. The van der Waals surface area contributed by atoms with E-state index in [9.17, 15) is 13.6 Å². The lowest BCUT2D eigenvalue weighted by Crippen LogP contribution is -2.43. The Morgan fingerprint density at radius 1 is 1.27 bits per heavy atom. The standard InChI is InChI=1S/C20H20F2N4OS.C2H6/c21-20(22)8-4-9-26(13-20)17-6-2-1-5-15(17)19(27)23-12-14-11-16(25-24-14)18-7-3-10-28-18;1-2/h1-3,5-7,10-11H,4,8-9,12-13H2,(H,23,27)(H,24,25);1-2H3. The summed E-state index contributed by atoms with van der Waals surface area (Å²) in [5, 5.41) is 12.0. The number of piperidine rings is 1. The van der Waals surface area contributed by atoms with Crippen molar-refractivity contribution in [3.63, 3.8) is 0 Å². The second-order valence-corrected chi connectivity index (χ2v) is 7.78. The number of carbonyl (C=O) groups excluding carboxylic acids is 1. The van der Waals surface area contributed by atoms with Crippen molar-refractivity contribution in [3.05, 3.63) is 59.1 Å². The van der Waals surface area contributed by atoms with Gasteiger partial charge in [-0.3, -0.25) is 9.89 Å². The van der Waals surface area contributed by atoms with Crippen LogP contribution in [0.5, 0.6) is 0 Å². The number of hydrogen-bond donors (Lipinski definition) is 2. The molecule has 0 atom stereocenters. The molecular weight excluding hydrogens is 406 g/mol. The smallest absolute Gasteiger partial charge is 0.265 e. The molecule has 1 amide bonds. The summed E-state index contributed by atoms with van der Waals surface area (Å²) >= 11 is 1.59. The van der Waals surface area contributed by atoms with Gasteiger partial charge in [0.05, 0.1) is 29.2 Å². The quantitative estimate of drug-likeness (QED) is 0.573. The molecule has 0 saturated carbocycles. The molecule has 5 nitrogen and oxygen atoms in total. The van der Waals surface area contributed by atoms with Crippen LogP contribution in [0, 0.1) is 0 Å². The largest absolute Gasteiger partial charge is 0.365 e. The lowest BCUT2D eigenvalue weighted by molar-refractivity contribution is -0.0117. The van der Waals surface area contributed by atoms with Crippen LogP contribution in [0.1, 0.15) is 42.7 Å². The molecule has 8 heteroatoms. The van der Waals surface area contributed by atoms with Crippen molar-refractivity contribution < 1.29 is 13.6 Å². The van der Waals surface area contributed by atoms with Gasteiger partial charge in [-0.15, -0.1) is 11.3 Å². The molecule has 0 radical (unpaired) electrons. The number of nitrogens with zero attached hydrogens (tertiary/aromatic N) is 2. The zero-order valence-electron chi connectivity index (χ0n) is 17.1. The van der Waals surface area contributed by atoms with E-state index in [0.29, 0.717) is 24.2 Å². The van der Waals surface area contributed by atoms with E-state index < -0.39 is 5.92 Å². The van der Waals surface area contributed by atoms with Crippen molar-refractivity contribution in [2.75, 3.05) is 18.0 Å². The number of benzene rings is 1. The summed E-state index contributed by atoms with van der Waals surface area (Å²) < 4.78 is 27.6. The average molecular weight is 433 g/mol. The summed E-state index contributed by atoms with van der Waals surface area (Å²) in [6.45, 7) is 4.44. The zero-order chi connectivity index (χ0) is 21.6. The van der Waals surface area contributed by atoms with Gasteiger partial charge in [0.1, 0.15) is 5.69 Å². The maximum Gasteiger partial charge on any atom is 0.265 e. The number of anilines is 1. The number of halogens is 2. The van der Waals surface area contributed by atoms with Gasteiger partial charge in [-0.2, -0.15) is 5.10 Å². The normalized spacial score (nSPS) is 15.3. The van der Waals surface area contributed by atoms with Crippen molar-refractivity contribution >= 4 is 22.9 Å². The van der Waals surface area contributed by atoms with E-state index >= 15 is 0 Å². The number of aromatic amines is 1. The van der Waals surface area contributed by atoms with Crippen LogP contribution in [0.2, 0.25) is 0 Å². The van der Waals surface area contributed by atoms with Gasteiger partial charge in [0, 0.05) is 18.7 Å². The Morgan fingerprint density at radius 2 is 2.07 bits per heavy atom. The lowest BCUT2D eigenvalue weighted by atomic mass is 10.0. The number of rotatable bonds is 5. The van der Waals surface area contributed by atoms with E-state index in [2.05, 4.69) is 15.5 Å². The molecule has 0 bridgehead atoms. The van der Waals surface area contributed by atoms with Gasteiger partial charge in [0.25, 0.3) is 11.8 Å². The number of hydrogen-bond acceptors (Lipinski definition) is 4. The Bertz CT molecular complexity index is 956. The van der Waals surface area contributed by atoms with Crippen LogP contribution in [0.3, 0.4) is 0 Å². The first kappa shape index (κ1) is 22.0. The molecule has 2 N–H and O–H groups in total. The van der Waals surface area contributed by atoms with Crippen LogP contribution in [0.15, 0.2) is 47.8 Å². The second kappa shape index (κ2) is 9.84. The van der Waals surface area contributed by atoms with Gasteiger partial charge in [0.2, 0.25) is 0 Å². The second-order valence-electron chi connectivity index (χ2n) is 6.84. The highest BCUT2D eigenvalue weighted by Crippen LogP contribution is 2.31. The molecule has 0 spiro atoms. The molecule has 30 heavy (non-hydrogen) atoms. The fourth-order valence-corrected chi connectivity index (χ4v) is 4.07. The Hall–Kier alpha value is -2.74. The Labute approximate surface area is 179 Å². The third-order valence-corrected chi connectivity index (χ3v) is 5.62. The van der Waals surface area contributed by atoms with Crippen molar-refractivity contribution in [1.29, 1.82) is 0 Å². The van der Waals surface area contributed by atoms with Crippen LogP contribution in [-0.4, -0.2) is 35.1 Å². The highest BCUT2D eigenvalue weighted by molar-refractivity contribution is 7.13. The third kappa shape index (κ3) is 5.24. The first-order valence-electron chi connectivity index (χ1n) is 10.1. The summed E-state index contributed by atoms with van der Waals surface area (Å²) in [6.07, 6.45) is 0.298. The molecule has 0 aliphatic carbocycles. The minimum absolute atomic E-state index is 0.107. The van der Waals surface area contributed by atoms with Crippen LogP contribution in [0.25, 0.3) is 10.6 Å². The summed E-state index contributed by atoms with van der Waals surface area (Å²) in [5.74, 6) is -3.02. The number of aromatic nitrogens is 2. The predicted molar refractivity (Wildman–Crippen MR) is 117 cm³/mol. The third-order valence-electron chi connectivity index (χ3n) is 4.73. The molecule has 4 rings (SSSR count). The minimum Gasteiger partial charge on any atom is -0.365 e. The lowest BCUT2D eigenvalue weighted by Gasteiger charge is -2.35. The topological polar surface area (TPSA) is 61.0 Å². The maximum absolute atomic E-state index is 13.8. The van der Waals surface area contributed by atoms with Crippen molar-refractivity contribution in [3.8, 4) is 10.6 Å². The summed E-state index contributed by atoms with van der Waals surface area (Å²) in [7, 11) is 0. The molecule has 1 aliphatic rings. The van der Waals surface area contributed by atoms with Gasteiger partial charge in [-0.1, -0.05) is 32.0 Å². The molecule has 1 aromatic carbocycles. The van der Waals surface area contributed by atoms with Gasteiger partial charge in [0.15, 0.2) is 0 Å². The number of para-hydroxylation sites is 1. The van der Waals surface area contributed by atoms with Gasteiger partial charge in [-0.05, 0) is 36.1 Å². The van der Waals surface area contributed by atoms with Crippen molar-refractivity contribution in [2.24, 2.45) is 0 Å². The fraction of sp³-hybridized carbons (Fsp3) is 0.364. The van der Waals surface area contributed by atoms with E-state index in [1.807, 2.05) is 37.4 Å². The molecular formula is C22H26F2N4OS. The SMILES string of the molecule is CC.O=C(NCc1cc(-c2cccs2)n[nH]1)c1ccccc1N1CCCC(F)(F)C1. The molecule has 1 saturated heterocycles. The molecule has 2 aromatic heterocycles. The van der Waals surface area contributed by atoms with Gasteiger partial charge >= 0.3 is 0 Å². The maximum atomic E-state index is 13.8. The van der Waals surface area contributed by atoms with Crippen LogP contribution in [0.4, 0.5) is 14.5 Å². The van der Waals surface area contributed by atoms with Crippen LogP contribution in [-0.2, 0) is 6.54 Å². The molecule has 160 valence electrons. The monoisotopic (exact) mass is 432 g/mol. The van der Waals surface area contributed by atoms with Crippen LogP contribution < -0.4 is 10.2 Å². The number of nitrogens with one attached hydrogen (secondary N) is 2. The highest BCUT2D eigenvalue weighted by Gasteiger charge is 2.36. The first-order valence-corrected chi connectivity index (χ1v) is 11.0. The van der Waals surface area contributed by atoms with Gasteiger partial charge in [-0.25, -0.2) is 8.78 Å². The number of carbonyl (C=O) groups is 1. The predicted octanol–water partition coefficient (Wildman–Crippen LogP) is 5.33. The number of thiophene rings is 1. The van der Waals surface area contributed by atoms with E-state index in [0.717, 1.165) is 16.3 Å². The summed E-state index contributed by atoms with van der Waals surface area (Å²) in [4.78, 5) is 15.4. The number of H-pyrrole nitrogens is 1. The van der Waals surface area contributed by atoms with E-state index in [1.54, 1.807) is 40.5 Å². The van der Waals surface area contributed by atoms with E-state index in [4.69, 9.17) is 0 Å². The molecule has 3 aromatic rings. The van der Waals surface area contributed by atoms with Crippen LogP contribution >= 0.6 is 11.3 Å². The van der Waals surface area contributed by atoms with Crippen molar-refractivity contribution in [1.82, 2.24) is 15.5 Å². The molecule has 1 fully saturated rings. The zero-order valence-corrected chi connectivity index (χ0v) is 17.9. The number of amides is 1. The van der Waals surface area contributed by atoms with Gasteiger partial charge < -0.3 is 10.2 Å². The average Bonchev–Trinajstić information content (AvgIpc) is 3.44. The Balaban J connectivity index is 0.00000124. The van der Waals surface area contributed by atoms with E-state index in [1.165, 1.54) is 0 Å². The molecule has 3 heterocycles. The summed E-state index contributed by atoms with van der Waals surface area (Å²) in [6, 6.07) is 12.7. The van der Waals surface area contributed by atoms with Crippen molar-refractivity contribution in [2.45, 2.75) is 39.2 Å². The van der Waals surface area contributed by atoms with E-state index in [-0.39, 0.29) is 25.4 Å². The molecule has 1 aliphatic heterocycles. The minimum atomic E-state index is -2.73. The first-order chi connectivity index (χ1) is 14.5. The highest BCUT2D eigenvalue weighted by atomic mass is 32.1. The number of alkyl halides is 2. The Kier molecular flexibility index (Phi) is 7.20. The summed E-state index contributed by atoms with van der Waals surface area (Å²) in [5.41, 5.74) is 2.55. The Morgan fingerprint density at radius 3 is 2.80 bits per heavy atom.